The lowest BCUT2D eigenvalue weighted by molar-refractivity contribution is -0.120. The molecule has 3 rings (SSSR count). The van der Waals surface area contributed by atoms with Crippen molar-refractivity contribution in [3.8, 4) is 28.7 Å². The lowest BCUT2D eigenvalue weighted by Crippen LogP contribution is -2.34. The van der Waals surface area contributed by atoms with E-state index in [4.69, 9.17) is 35.3 Å². The largest absolute Gasteiger partial charge is 0.493 e. The quantitative estimate of drug-likeness (QED) is 0.239. The third-order valence-electron chi connectivity index (χ3n) is 5.31. The van der Waals surface area contributed by atoms with Crippen LogP contribution in [0.25, 0.3) is 0 Å². The molecular formula is C28H30ClN3O7. The highest BCUT2D eigenvalue weighted by atomic mass is 35.5. The van der Waals surface area contributed by atoms with Crippen molar-refractivity contribution in [3.63, 3.8) is 0 Å². The molecule has 0 aliphatic carbocycles. The second-order valence-electron chi connectivity index (χ2n) is 7.94. The number of rotatable bonds is 13. The molecule has 11 heteroatoms. The number of hydrogen-bond donors (Lipinski definition) is 2. The number of benzene rings is 3. The van der Waals surface area contributed by atoms with Gasteiger partial charge in [0.05, 0.1) is 40.7 Å². The van der Waals surface area contributed by atoms with Crippen molar-refractivity contribution < 1.29 is 33.3 Å². The molecule has 0 aromatic heterocycles. The molecule has 10 nitrogen and oxygen atoms in total. The normalized spacial score (nSPS) is 10.6. The number of methoxy groups -OCH3 is 3. The number of carbonyl (C=O) groups excluding carboxylic acids is 2. The van der Waals surface area contributed by atoms with Crippen molar-refractivity contribution in [1.29, 1.82) is 0 Å². The molecule has 0 radical (unpaired) electrons. The van der Waals surface area contributed by atoms with Crippen LogP contribution in [0.4, 0.5) is 0 Å². The van der Waals surface area contributed by atoms with Gasteiger partial charge in [-0.25, -0.2) is 5.43 Å². The van der Waals surface area contributed by atoms with Crippen LogP contribution in [-0.4, -0.2) is 52.5 Å². The first-order valence-electron chi connectivity index (χ1n) is 11.9. The Labute approximate surface area is 231 Å². The zero-order valence-electron chi connectivity index (χ0n) is 22.1. The lowest BCUT2D eigenvalue weighted by atomic mass is 10.1. The highest BCUT2D eigenvalue weighted by molar-refractivity contribution is 6.30. The molecule has 0 atom stereocenters. The van der Waals surface area contributed by atoms with Crippen LogP contribution in [0.5, 0.6) is 28.7 Å². The van der Waals surface area contributed by atoms with Gasteiger partial charge in [-0.1, -0.05) is 23.7 Å². The Balaban J connectivity index is 1.56. The number of hydrazone groups is 1. The van der Waals surface area contributed by atoms with E-state index in [1.165, 1.54) is 39.7 Å². The SMILES string of the molecule is CCOc1cc(/C=N\NC(=O)CNC(=O)c2cc(OC)c(OC)c(OC)c2)ccc1OCc1ccc(Cl)cc1. The molecule has 2 amide bonds. The minimum atomic E-state index is -0.514. The summed E-state index contributed by atoms with van der Waals surface area (Å²) in [7, 11) is 4.36. The summed E-state index contributed by atoms with van der Waals surface area (Å²) in [5, 5.41) is 7.15. The summed E-state index contributed by atoms with van der Waals surface area (Å²) < 4.78 is 27.4. The topological polar surface area (TPSA) is 117 Å². The summed E-state index contributed by atoms with van der Waals surface area (Å²) in [6, 6.07) is 15.7. The van der Waals surface area contributed by atoms with Gasteiger partial charge < -0.3 is 29.0 Å². The van der Waals surface area contributed by atoms with Crippen LogP contribution in [0.15, 0.2) is 59.7 Å². The Bertz CT molecular complexity index is 1290. The summed E-state index contributed by atoms with van der Waals surface area (Å²) in [4.78, 5) is 24.8. The number of hydrogen-bond acceptors (Lipinski definition) is 8. The van der Waals surface area contributed by atoms with E-state index in [1.54, 1.807) is 30.3 Å². The van der Waals surface area contributed by atoms with E-state index in [1.807, 2.05) is 19.1 Å². The molecule has 0 fully saturated rings. The smallest absolute Gasteiger partial charge is 0.259 e. The molecule has 0 unspecified atom stereocenters. The lowest BCUT2D eigenvalue weighted by Gasteiger charge is -2.14. The fraction of sp³-hybridized carbons (Fsp3) is 0.250. The Morgan fingerprint density at radius 3 is 2.18 bits per heavy atom. The van der Waals surface area contributed by atoms with E-state index in [0.29, 0.717) is 52.5 Å². The van der Waals surface area contributed by atoms with Gasteiger partial charge in [-0.15, -0.1) is 0 Å². The van der Waals surface area contributed by atoms with Crippen LogP contribution >= 0.6 is 11.6 Å². The fourth-order valence-corrected chi connectivity index (χ4v) is 3.55. The van der Waals surface area contributed by atoms with E-state index < -0.39 is 11.8 Å². The molecule has 206 valence electrons. The predicted molar refractivity (Wildman–Crippen MR) is 148 cm³/mol. The standard InChI is InChI=1S/C28H30ClN3O7/c1-5-38-23-12-19(8-11-22(23)39-17-18-6-9-21(29)10-7-18)15-31-32-26(33)16-30-28(34)20-13-24(35-2)27(37-4)25(14-20)36-3/h6-15H,5,16-17H2,1-4H3,(H,30,34)(H,32,33)/b31-15-. The van der Waals surface area contributed by atoms with Crippen LogP contribution in [0.2, 0.25) is 5.02 Å². The highest BCUT2D eigenvalue weighted by Crippen LogP contribution is 2.38. The van der Waals surface area contributed by atoms with Crippen molar-refractivity contribution in [2.75, 3.05) is 34.5 Å². The first-order chi connectivity index (χ1) is 18.9. The fourth-order valence-electron chi connectivity index (χ4n) is 3.43. The van der Waals surface area contributed by atoms with Gasteiger partial charge in [0.1, 0.15) is 6.61 Å². The molecule has 0 aliphatic rings. The van der Waals surface area contributed by atoms with Gasteiger partial charge in [0.15, 0.2) is 23.0 Å². The van der Waals surface area contributed by atoms with E-state index in [2.05, 4.69) is 15.8 Å². The molecule has 0 bridgehead atoms. The van der Waals surface area contributed by atoms with Crippen molar-refractivity contribution in [2.45, 2.75) is 13.5 Å². The molecule has 0 saturated carbocycles. The van der Waals surface area contributed by atoms with Crippen molar-refractivity contribution in [3.05, 3.63) is 76.3 Å². The van der Waals surface area contributed by atoms with Crippen LogP contribution < -0.4 is 34.4 Å². The van der Waals surface area contributed by atoms with Crippen molar-refractivity contribution in [1.82, 2.24) is 10.7 Å². The Hall–Kier alpha value is -4.44. The zero-order chi connectivity index (χ0) is 28.2. The summed E-state index contributed by atoms with van der Waals surface area (Å²) in [5.41, 5.74) is 4.27. The summed E-state index contributed by atoms with van der Waals surface area (Å²) in [6.45, 7) is 2.37. The summed E-state index contributed by atoms with van der Waals surface area (Å²) in [6.07, 6.45) is 1.46. The van der Waals surface area contributed by atoms with Gasteiger partial charge in [-0.3, -0.25) is 9.59 Å². The molecule has 3 aromatic carbocycles. The van der Waals surface area contributed by atoms with E-state index >= 15 is 0 Å². The van der Waals surface area contributed by atoms with Gasteiger partial charge in [0.25, 0.3) is 11.8 Å². The van der Waals surface area contributed by atoms with Gasteiger partial charge in [-0.2, -0.15) is 5.10 Å². The van der Waals surface area contributed by atoms with E-state index in [-0.39, 0.29) is 12.1 Å². The molecule has 0 spiro atoms. The van der Waals surface area contributed by atoms with Crippen molar-refractivity contribution in [2.24, 2.45) is 5.10 Å². The average molecular weight is 556 g/mol. The number of halogens is 1. The van der Waals surface area contributed by atoms with Crippen molar-refractivity contribution >= 4 is 29.6 Å². The minimum Gasteiger partial charge on any atom is -0.493 e. The van der Waals surface area contributed by atoms with E-state index in [0.717, 1.165) is 5.56 Å². The summed E-state index contributed by atoms with van der Waals surface area (Å²) >= 11 is 5.93. The molecule has 0 heterocycles. The summed E-state index contributed by atoms with van der Waals surface area (Å²) in [5.74, 6) is 1.11. The van der Waals surface area contributed by atoms with Crippen LogP contribution in [0.1, 0.15) is 28.4 Å². The first kappa shape index (κ1) is 29.1. The number of nitrogens with one attached hydrogen (secondary N) is 2. The maximum Gasteiger partial charge on any atom is 0.259 e. The monoisotopic (exact) mass is 555 g/mol. The number of amides is 2. The first-order valence-corrected chi connectivity index (χ1v) is 12.3. The Morgan fingerprint density at radius 2 is 1.56 bits per heavy atom. The average Bonchev–Trinajstić information content (AvgIpc) is 2.95. The van der Waals surface area contributed by atoms with Gasteiger partial charge in [-0.05, 0) is 60.5 Å². The second kappa shape index (κ2) is 14.5. The third-order valence-corrected chi connectivity index (χ3v) is 5.57. The molecule has 3 aromatic rings. The number of carbonyl (C=O) groups is 2. The van der Waals surface area contributed by atoms with E-state index in [9.17, 15) is 9.59 Å². The maximum absolute atomic E-state index is 12.6. The third kappa shape index (κ3) is 8.27. The molecule has 2 N–H and O–H groups in total. The molecule has 39 heavy (non-hydrogen) atoms. The number of ether oxygens (including phenoxy) is 5. The van der Waals surface area contributed by atoms with Crippen LogP contribution in [0, 0.1) is 0 Å². The molecule has 0 aliphatic heterocycles. The maximum atomic E-state index is 12.6. The second-order valence-corrected chi connectivity index (χ2v) is 8.38. The van der Waals surface area contributed by atoms with Crippen LogP contribution in [-0.2, 0) is 11.4 Å². The predicted octanol–water partition coefficient (Wildman–Crippen LogP) is 4.22. The van der Waals surface area contributed by atoms with Gasteiger partial charge in [0.2, 0.25) is 5.75 Å². The molecule has 0 saturated heterocycles. The number of nitrogens with zero attached hydrogens (tertiary/aromatic N) is 1. The minimum absolute atomic E-state index is 0.239. The molecular weight excluding hydrogens is 526 g/mol. The zero-order valence-corrected chi connectivity index (χ0v) is 22.8. The highest BCUT2D eigenvalue weighted by Gasteiger charge is 2.17. The van der Waals surface area contributed by atoms with Gasteiger partial charge in [0, 0.05) is 10.6 Å². The van der Waals surface area contributed by atoms with Gasteiger partial charge >= 0.3 is 0 Å². The Kier molecular flexibility index (Phi) is 10.8. The van der Waals surface area contributed by atoms with Crippen LogP contribution in [0.3, 0.4) is 0 Å². The Morgan fingerprint density at radius 1 is 0.872 bits per heavy atom.